The van der Waals surface area contributed by atoms with Gasteiger partial charge in [-0.3, -0.25) is 15.1 Å². The number of imidazole rings is 1. The molecule has 1 N–H and O–H groups in total. The summed E-state index contributed by atoms with van der Waals surface area (Å²) in [6.45, 7) is 1.98. The third-order valence-corrected chi connectivity index (χ3v) is 4.42. The van der Waals surface area contributed by atoms with Gasteiger partial charge in [0.2, 0.25) is 11.0 Å². The molecule has 1 aromatic carbocycles. The number of carbonyl (C=O) groups is 1. The number of hydrogen-bond donors (Lipinski definition) is 1. The second kappa shape index (κ2) is 6.40. The highest BCUT2D eigenvalue weighted by molar-refractivity contribution is 7.15. The first kappa shape index (κ1) is 15.4. The van der Waals surface area contributed by atoms with E-state index in [9.17, 15) is 4.79 Å². The maximum absolute atomic E-state index is 12.5. The van der Waals surface area contributed by atoms with Crippen LogP contribution in [0.5, 0.6) is 0 Å². The van der Waals surface area contributed by atoms with Crippen LogP contribution >= 0.6 is 11.3 Å². The van der Waals surface area contributed by atoms with Crippen LogP contribution in [0.3, 0.4) is 0 Å². The zero-order valence-electron chi connectivity index (χ0n) is 13.4. The molecule has 4 rings (SSSR count). The molecule has 0 radical (unpaired) electrons. The third kappa shape index (κ3) is 3.11. The molecule has 8 heteroatoms. The summed E-state index contributed by atoms with van der Waals surface area (Å²) in [5, 5.41) is 11.9. The molecular formula is C17H14N6OS. The van der Waals surface area contributed by atoms with Gasteiger partial charge in [0.15, 0.2) is 0 Å². The Balaban J connectivity index is 1.71. The minimum Gasteiger partial charge on any atom is -0.314 e. The number of aromatic nitrogens is 5. The molecule has 0 bridgehead atoms. The highest BCUT2D eigenvalue weighted by Crippen LogP contribution is 2.24. The lowest BCUT2D eigenvalue weighted by Gasteiger charge is -2.08. The van der Waals surface area contributed by atoms with Crippen molar-refractivity contribution in [2.75, 3.05) is 5.32 Å². The number of amides is 1. The molecule has 3 aromatic heterocycles. The van der Waals surface area contributed by atoms with Gasteiger partial charge < -0.3 is 4.57 Å². The molecule has 3 heterocycles. The second-order valence-corrected chi connectivity index (χ2v) is 6.60. The predicted octanol–water partition coefficient (Wildman–Crippen LogP) is 2.90. The van der Waals surface area contributed by atoms with Gasteiger partial charge in [-0.1, -0.05) is 23.5 Å². The van der Waals surface area contributed by atoms with E-state index in [2.05, 4.69) is 25.5 Å². The van der Waals surface area contributed by atoms with Gasteiger partial charge in [0.05, 0.1) is 11.0 Å². The highest BCUT2D eigenvalue weighted by Gasteiger charge is 2.16. The van der Waals surface area contributed by atoms with E-state index < -0.39 is 0 Å². The molecule has 0 saturated heterocycles. The maximum Gasteiger partial charge on any atom is 0.246 e. The maximum atomic E-state index is 12.5. The topological polar surface area (TPSA) is 85.6 Å². The van der Waals surface area contributed by atoms with E-state index in [1.807, 2.05) is 47.9 Å². The summed E-state index contributed by atoms with van der Waals surface area (Å²) in [7, 11) is 0. The van der Waals surface area contributed by atoms with Crippen LogP contribution in [-0.2, 0) is 11.3 Å². The average Bonchev–Trinajstić information content (AvgIpc) is 3.19. The monoisotopic (exact) mass is 350 g/mol. The number of carbonyl (C=O) groups excluding carboxylic acids is 1. The zero-order chi connectivity index (χ0) is 17.2. The molecule has 124 valence electrons. The lowest BCUT2D eigenvalue weighted by Crippen LogP contribution is -2.19. The smallest absolute Gasteiger partial charge is 0.246 e. The summed E-state index contributed by atoms with van der Waals surface area (Å²) in [5.41, 5.74) is 2.65. The summed E-state index contributed by atoms with van der Waals surface area (Å²) >= 11 is 1.35. The van der Waals surface area contributed by atoms with Crippen molar-refractivity contribution in [1.29, 1.82) is 0 Å². The Bertz CT molecular complexity index is 1040. The Morgan fingerprint density at radius 1 is 1.16 bits per heavy atom. The molecule has 0 unspecified atom stereocenters. The largest absolute Gasteiger partial charge is 0.314 e. The Labute approximate surface area is 147 Å². The van der Waals surface area contributed by atoms with Crippen LogP contribution in [0.1, 0.15) is 5.01 Å². The van der Waals surface area contributed by atoms with E-state index in [-0.39, 0.29) is 12.5 Å². The fraction of sp³-hybridized carbons (Fsp3) is 0.118. The molecule has 0 aliphatic rings. The number of nitrogens with zero attached hydrogens (tertiary/aromatic N) is 5. The van der Waals surface area contributed by atoms with Crippen molar-refractivity contribution < 1.29 is 4.79 Å². The van der Waals surface area contributed by atoms with Gasteiger partial charge in [0, 0.05) is 18.0 Å². The lowest BCUT2D eigenvalue weighted by atomic mass is 10.2. The summed E-state index contributed by atoms with van der Waals surface area (Å²) in [6.07, 6.45) is 3.42. The van der Waals surface area contributed by atoms with Gasteiger partial charge in [-0.05, 0) is 31.2 Å². The van der Waals surface area contributed by atoms with Crippen molar-refractivity contribution in [3.8, 4) is 11.4 Å². The Morgan fingerprint density at radius 2 is 1.96 bits per heavy atom. The van der Waals surface area contributed by atoms with Crippen molar-refractivity contribution >= 4 is 33.4 Å². The molecule has 0 aliphatic carbocycles. The predicted molar refractivity (Wildman–Crippen MR) is 96.2 cm³/mol. The number of rotatable bonds is 4. The first-order chi connectivity index (χ1) is 12.2. The number of pyridine rings is 1. The molecule has 0 atom stereocenters. The number of aryl methyl sites for hydroxylation is 1. The Kier molecular flexibility index (Phi) is 3.95. The van der Waals surface area contributed by atoms with Crippen molar-refractivity contribution in [1.82, 2.24) is 24.7 Å². The number of para-hydroxylation sites is 2. The van der Waals surface area contributed by atoms with Gasteiger partial charge in [-0.15, -0.1) is 10.2 Å². The molecule has 0 spiro atoms. The molecule has 0 aliphatic heterocycles. The number of hydrogen-bond acceptors (Lipinski definition) is 6. The standard InChI is InChI=1S/C17H14N6OS/c1-11-21-22-17(25-11)20-15(24)10-23-14-5-3-2-4-13(14)19-16(23)12-6-8-18-9-7-12/h2-9H,10H2,1H3,(H,20,22,24). The number of benzene rings is 1. The van der Waals surface area contributed by atoms with Crippen LogP contribution in [0.25, 0.3) is 22.4 Å². The normalized spacial score (nSPS) is 10.9. The summed E-state index contributed by atoms with van der Waals surface area (Å²) in [6, 6.07) is 11.5. The van der Waals surface area contributed by atoms with Gasteiger partial charge in [0.25, 0.3) is 0 Å². The van der Waals surface area contributed by atoms with Crippen molar-refractivity contribution in [3.05, 3.63) is 53.8 Å². The molecule has 4 aromatic rings. The van der Waals surface area contributed by atoms with Gasteiger partial charge in [0.1, 0.15) is 17.4 Å². The minimum absolute atomic E-state index is 0.136. The van der Waals surface area contributed by atoms with Crippen LogP contribution in [0.15, 0.2) is 48.8 Å². The fourth-order valence-electron chi connectivity index (χ4n) is 2.61. The van der Waals surface area contributed by atoms with Gasteiger partial charge in [-0.25, -0.2) is 4.98 Å². The molecule has 1 amide bonds. The fourth-order valence-corrected chi connectivity index (χ4v) is 3.21. The summed E-state index contributed by atoms with van der Waals surface area (Å²) in [5.74, 6) is 0.557. The number of fused-ring (bicyclic) bond motifs is 1. The molecule has 25 heavy (non-hydrogen) atoms. The first-order valence-electron chi connectivity index (χ1n) is 7.66. The quantitative estimate of drug-likeness (QED) is 0.612. The number of nitrogens with one attached hydrogen (secondary N) is 1. The zero-order valence-corrected chi connectivity index (χ0v) is 14.2. The summed E-state index contributed by atoms with van der Waals surface area (Å²) < 4.78 is 1.90. The minimum atomic E-state index is -0.172. The average molecular weight is 350 g/mol. The highest BCUT2D eigenvalue weighted by atomic mass is 32.1. The van der Waals surface area contributed by atoms with Crippen molar-refractivity contribution in [2.24, 2.45) is 0 Å². The van der Waals surface area contributed by atoms with Gasteiger partial charge in [-0.2, -0.15) is 0 Å². The van der Waals surface area contributed by atoms with E-state index in [1.165, 1.54) is 11.3 Å². The van der Waals surface area contributed by atoms with Crippen LogP contribution in [0.2, 0.25) is 0 Å². The van der Waals surface area contributed by atoms with E-state index >= 15 is 0 Å². The Hall–Kier alpha value is -3.13. The second-order valence-electron chi connectivity index (χ2n) is 5.42. The van der Waals surface area contributed by atoms with Crippen molar-refractivity contribution in [3.63, 3.8) is 0 Å². The van der Waals surface area contributed by atoms with E-state index in [4.69, 9.17) is 0 Å². The van der Waals surface area contributed by atoms with Gasteiger partial charge >= 0.3 is 0 Å². The van der Waals surface area contributed by atoms with Crippen LogP contribution < -0.4 is 5.32 Å². The van der Waals surface area contributed by atoms with E-state index in [0.29, 0.717) is 5.13 Å². The van der Waals surface area contributed by atoms with E-state index in [0.717, 1.165) is 27.4 Å². The van der Waals surface area contributed by atoms with Crippen LogP contribution in [0.4, 0.5) is 5.13 Å². The molecular weight excluding hydrogens is 336 g/mol. The molecule has 0 saturated carbocycles. The first-order valence-corrected chi connectivity index (χ1v) is 8.48. The molecule has 7 nitrogen and oxygen atoms in total. The van der Waals surface area contributed by atoms with Crippen molar-refractivity contribution in [2.45, 2.75) is 13.5 Å². The number of anilines is 1. The third-order valence-electron chi connectivity index (χ3n) is 3.67. The summed E-state index contributed by atoms with van der Waals surface area (Å²) in [4.78, 5) is 21.2. The van der Waals surface area contributed by atoms with Crippen LogP contribution in [0, 0.1) is 6.92 Å². The van der Waals surface area contributed by atoms with E-state index in [1.54, 1.807) is 12.4 Å². The molecule has 0 fully saturated rings. The Morgan fingerprint density at radius 3 is 2.72 bits per heavy atom. The SMILES string of the molecule is Cc1nnc(NC(=O)Cn2c(-c3ccncc3)nc3ccccc32)s1. The lowest BCUT2D eigenvalue weighted by molar-refractivity contribution is -0.116. The van der Waals surface area contributed by atoms with Crippen LogP contribution in [-0.4, -0.2) is 30.6 Å².